The molecule has 0 spiro atoms. The summed E-state index contributed by atoms with van der Waals surface area (Å²) in [5.74, 6) is -0.0277. The summed E-state index contributed by atoms with van der Waals surface area (Å²) in [4.78, 5) is 32.7. The molecule has 5 rings (SSSR count). The molecule has 11 heteroatoms. The van der Waals surface area contributed by atoms with Gasteiger partial charge in [0.25, 0.3) is 5.91 Å². The lowest BCUT2D eigenvalue weighted by atomic mass is 10.2. The van der Waals surface area contributed by atoms with Crippen molar-refractivity contribution in [3.05, 3.63) is 59.7 Å². The van der Waals surface area contributed by atoms with Crippen LogP contribution in [0.4, 0.5) is 16.0 Å². The molecule has 3 aromatic heterocycles. The molecule has 1 aromatic carbocycles. The molecule has 0 unspecified atom stereocenters. The first kappa shape index (κ1) is 20.6. The van der Waals surface area contributed by atoms with Crippen molar-refractivity contribution >= 4 is 29.1 Å². The number of hydrogen-bond acceptors (Lipinski definition) is 7. The van der Waals surface area contributed by atoms with Crippen molar-refractivity contribution in [3.8, 4) is 11.5 Å². The van der Waals surface area contributed by atoms with Gasteiger partial charge in [-0.1, -0.05) is 0 Å². The first-order valence-electron chi connectivity index (χ1n) is 10.3. The van der Waals surface area contributed by atoms with E-state index in [-0.39, 0.29) is 29.2 Å². The smallest absolute Gasteiger partial charge is 0.293 e. The summed E-state index contributed by atoms with van der Waals surface area (Å²) in [6.45, 7) is 3.25. The van der Waals surface area contributed by atoms with E-state index in [9.17, 15) is 14.0 Å². The first-order chi connectivity index (χ1) is 15.9. The average molecular weight is 450 g/mol. The highest BCUT2D eigenvalue weighted by atomic mass is 19.1. The molecule has 0 aliphatic heterocycles. The lowest BCUT2D eigenvalue weighted by Crippen LogP contribution is -2.14. The van der Waals surface area contributed by atoms with Gasteiger partial charge in [-0.3, -0.25) is 14.9 Å². The number of carbonyl (C=O) groups excluding carboxylic acids is 2. The number of ether oxygens (including phenoxy) is 1. The number of rotatable bonds is 6. The van der Waals surface area contributed by atoms with Crippen molar-refractivity contribution < 1.29 is 23.1 Å². The highest BCUT2D eigenvalue weighted by Crippen LogP contribution is 2.30. The van der Waals surface area contributed by atoms with E-state index in [4.69, 9.17) is 9.15 Å². The molecule has 0 atom stereocenters. The van der Waals surface area contributed by atoms with Crippen LogP contribution in [-0.4, -0.2) is 31.4 Å². The number of aryl methyl sites for hydroxylation is 2. The molecule has 2 N–H and O–H groups in total. The second-order valence-electron chi connectivity index (χ2n) is 7.71. The Morgan fingerprint density at radius 2 is 1.91 bits per heavy atom. The van der Waals surface area contributed by atoms with E-state index in [1.165, 1.54) is 22.7 Å². The van der Waals surface area contributed by atoms with Crippen LogP contribution in [0.2, 0.25) is 0 Å². The van der Waals surface area contributed by atoms with Gasteiger partial charge in [0.2, 0.25) is 17.6 Å². The van der Waals surface area contributed by atoms with Gasteiger partial charge >= 0.3 is 0 Å². The number of oxazole rings is 1. The third-order valence-corrected chi connectivity index (χ3v) is 5.02. The Morgan fingerprint density at radius 1 is 1.12 bits per heavy atom. The van der Waals surface area contributed by atoms with E-state index in [0.29, 0.717) is 28.7 Å². The Kier molecular flexibility index (Phi) is 5.00. The second kappa shape index (κ2) is 8.01. The number of amides is 2. The summed E-state index contributed by atoms with van der Waals surface area (Å²) >= 11 is 0. The molecular weight excluding hydrogens is 431 g/mol. The number of fused-ring (bicyclic) bond motifs is 1. The summed E-state index contributed by atoms with van der Waals surface area (Å²) in [6, 6.07) is 7.32. The van der Waals surface area contributed by atoms with E-state index in [1.54, 1.807) is 32.2 Å². The quantitative estimate of drug-likeness (QED) is 0.457. The van der Waals surface area contributed by atoms with Gasteiger partial charge in [-0.2, -0.15) is 4.98 Å². The largest absolute Gasteiger partial charge is 0.456 e. The van der Waals surface area contributed by atoms with Gasteiger partial charge in [-0.15, -0.1) is 5.10 Å². The fourth-order valence-electron chi connectivity index (χ4n) is 3.26. The van der Waals surface area contributed by atoms with Crippen molar-refractivity contribution in [3.63, 3.8) is 0 Å². The zero-order valence-corrected chi connectivity index (χ0v) is 17.8. The van der Waals surface area contributed by atoms with Crippen LogP contribution in [0, 0.1) is 25.6 Å². The van der Waals surface area contributed by atoms with Crippen LogP contribution >= 0.6 is 0 Å². The van der Waals surface area contributed by atoms with Crippen LogP contribution in [0.5, 0.6) is 11.5 Å². The normalized spacial score (nSPS) is 13.2. The maximum absolute atomic E-state index is 14.3. The molecule has 10 nitrogen and oxygen atoms in total. The summed E-state index contributed by atoms with van der Waals surface area (Å²) < 4.78 is 26.8. The molecule has 4 aromatic rings. The van der Waals surface area contributed by atoms with E-state index in [0.717, 1.165) is 12.8 Å². The van der Waals surface area contributed by atoms with Crippen LogP contribution in [0.1, 0.15) is 35.0 Å². The average Bonchev–Trinajstić information content (AvgIpc) is 3.46. The number of hydrogen-bond donors (Lipinski definition) is 2. The highest BCUT2D eigenvalue weighted by Gasteiger charge is 2.30. The molecule has 0 saturated heterocycles. The van der Waals surface area contributed by atoms with Crippen LogP contribution < -0.4 is 15.4 Å². The summed E-state index contributed by atoms with van der Waals surface area (Å²) in [6.07, 6.45) is 3.35. The molecule has 0 radical (unpaired) electrons. The SMILES string of the molecule is Cc1nc(C)c(C(=O)Nc2cc(Oc3ccc4nc(NC(=O)C5CC5)nn4c3)ccc2F)o1. The standard InChI is InChI=1S/C22H19FN6O4/c1-11-19(32-12(2)24-11)21(31)25-17-9-14(5-7-16(17)23)33-15-6-8-18-26-22(28-29(18)10-15)27-20(30)13-3-4-13/h5-10,13H,3-4H2,1-2H3,(H,25,31)(H,27,28,30). The number of benzene rings is 1. The predicted molar refractivity (Wildman–Crippen MR) is 115 cm³/mol. The molecule has 33 heavy (non-hydrogen) atoms. The second-order valence-corrected chi connectivity index (χ2v) is 7.71. The number of carbonyl (C=O) groups is 2. The molecule has 0 bridgehead atoms. The van der Waals surface area contributed by atoms with Gasteiger partial charge in [0, 0.05) is 18.9 Å². The monoisotopic (exact) mass is 450 g/mol. The zero-order chi connectivity index (χ0) is 23.1. The van der Waals surface area contributed by atoms with Crippen molar-refractivity contribution in [2.45, 2.75) is 26.7 Å². The fraction of sp³-hybridized carbons (Fsp3) is 0.227. The molecule has 1 saturated carbocycles. The zero-order valence-electron chi connectivity index (χ0n) is 17.8. The number of halogens is 1. The number of pyridine rings is 1. The highest BCUT2D eigenvalue weighted by molar-refractivity contribution is 6.03. The van der Waals surface area contributed by atoms with E-state index in [1.807, 2.05) is 0 Å². The lowest BCUT2D eigenvalue weighted by molar-refractivity contribution is -0.117. The van der Waals surface area contributed by atoms with Gasteiger partial charge in [0.15, 0.2) is 11.5 Å². The molecular formula is C22H19FN6O4. The van der Waals surface area contributed by atoms with E-state index < -0.39 is 11.7 Å². The predicted octanol–water partition coefficient (Wildman–Crippen LogP) is 3.87. The molecule has 1 fully saturated rings. The summed E-state index contributed by atoms with van der Waals surface area (Å²) in [7, 11) is 0. The first-order valence-corrected chi connectivity index (χ1v) is 10.3. The minimum atomic E-state index is -0.632. The van der Waals surface area contributed by atoms with Gasteiger partial charge in [-0.05, 0) is 44.0 Å². The van der Waals surface area contributed by atoms with Gasteiger partial charge < -0.3 is 14.5 Å². The Balaban J connectivity index is 1.32. The number of nitrogens with one attached hydrogen (secondary N) is 2. The third kappa shape index (κ3) is 4.38. The summed E-state index contributed by atoms with van der Waals surface area (Å²) in [5, 5.41) is 9.41. The maximum atomic E-state index is 14.3. The summed E-state index contributed by atoms with van der Waals surface area (Å²) in [5.41, 5.74) is 0.864. The Bertz CT molecular complexity index is 1390. The van der Waals surface area contributed by atoms with Crippen LogP contribution in [0.3, 0.4) is 0 Å². The molecule has 168 valence electrons. The molecule has 1 aliphatic carbocycles. The Labute approximate surface area is 186 Å². The molecule has 1 aliphatic rings. The van der Waals surface area contributed by atoms with Crippen molar-refractivity contribution in [1.29, 1.82) is 0 Å². The minimum absolute atomic E-state index is 0.0134. The fourth-order valence-corrected chi connectivity index (χ4v) is 3.26. The Hall–Kier alpha value is -4.28. The maximum Gasteiger partial charge on any atom is 0.293 e. The van der Waals surface area contributed by atoms with Crippen LogP contribution in [0.25, 0.3) is 5.65 Å². The number of aromatic nitrogens is 4. The Morgan fingerprint density at radius 3 is 2.64 bits per heavy atom. The van der Waals surface area contributed by atoms with E-state index in [2.05, 4.69) is 25.7 Å². The minimum Gasteiger partial charge on any atom is -0.456 e. The molecule has 2 amide bonds. The topological polar surface area (TPSA) is 124 Å². The van der Waals surface area contributed by atoms with Crippen molar-refractivity contribution in [2.75, 3.05) is 10.6 Å². The van der Waals surface area contributed by atoms with Crippen molar-refractivity contribution in [2.24, 2.45) is 5.92 Å². The van der Waals surface area contributed by atoms with Crippen LogP contribution in [-0.2, 0) is 4.79 Å². The van der Waals surface area contributed by atoms with Gasteiger partial charge in [0.1, 0.15) is 17.3 Å². The van der Waals surface area contributed by atoms with E-state index >= 15 is 0 Å². The van der Waals surface area contributed by atoms with Crippen LogP contribution in [0.15, 0.2) is 40.9 Å². The number of nitrogens with zero attached hydrogens (tertiary/aromatic N) is 4. The third-order valence-electron chi connectivity index (χ3n) is 5.02. The van der Waals surface area contributed by atoms with Crippen molar-refractivity contribution in [1.82, 2.24) is 19.6 Å². The van der Waals surface area contributed by atoms with Gasteiger partial charge in [0.05, 0.1) is 17.6 Å². The van der Waals surface area contributed by atoms with Gasteiger partial charge in [-0.25, -0.2) is 13.9 Å². The lowest BCUT2D eigenvalue weighted by Gasteiger charge is -2.09. The molecule has 3 heterocycles. The number of anilines is 2.